The lowest BCUT2D eigenvalue weighted by molar-refractivity contribution is -0.0669. The van der Waals surface area contributed by atoms with Crippen molar-refractivity contribution in [2.45, 2.75) is 25.4 Å². The van der Waals surface area contributed by atoms with Crippen LogP contribution >= 0.6 is 0 Å². The van der Waals surface area contributed by atoms with E-state index in [0.717, 1.165) is 6.42 Å². The number of rotatable bonds is 4. The van der Waals surface area contributed by atoms with Crippen molar-refractivity contribution >= 4 is 10.2 Å². The lowest BCUT2D eigenvalue weighted by Gasteiger charge is -2.46. The molecule has 1 aliphatic heterocycles. The molecule has 0 amide bonds. The standard InChI is InChI=1S/C8H18N2O3S/c1-4-5-8(11)6-10(7-8)14(12,13)9(2)3/h11H,4-7H2,1-3H3. The zero-order valence-corrected chi connectivity index (χ0v) is 9.71. The van der Waals surface area contributed by atoms with E-state index in [0.29, 0.717) is 6.42 Å². The molecule has 84 valence electrons. The van der Waals surface area contributed by atoms with Crippen LogP contribution in [0.2, 0.25) is 0 Å². The molecule has 5 nitrogen and oxygen atoms in total. The maximum Gasteiger partial charge on any atom is 0.281 e. The Labute approximate surface area is 85.5 Å². The molecular weight excluding hydrogens is 204 g/mol. The average molecular weight is 222 g/mol. The minimum absolute atomic E-state index is 0.224. The molecule has 0 aromatic carbocycles. The van der Waals surface area contributed by atoms with Crippen LogP contribution in [0.25, 0.3) is 0 Å². The van der Waals surface area contributed by atoms with Crippen LogP contribution in [0.4, 0.5) is 0 Å². The second kappa shape index (κ2) is 3.77. The smallest absolute Gasteiger partial charge is 0.281 e. The summed E-state index contributed by atoms with van der Waals surface area (Å²) < 4.78 is 25.6. The fraction of sp³-hybridized carbons (Fsp3) is 1.00. The number of hydrogen-bond acceptors (Lipinski definition) is 3. The van der Waals surface area contributed by atoms with Crippen LogP contribution < -0.4 is 0 Å². The molecule has 0 spiro atoms. The highest BCUT2D eigenvalue weighted by atomic mass is 32.2. The Morgan fingerprint density at radius 1 is 1.43 bits per heavy atom. The van der Waals surface area contributed by atoms with Crippen LogP contribution in [0.15, 0.2) is 0 Å². The highest BCUT2D eigenvalue weighted by Crippen LogP contribution is 2.28. The fourth-order valence-electron chi connectivity index (χ4n) is 1.63. The molecule has 1 heterocycles. The quantitative estimate of drug-likeness (QED) is 0.706. The minimum Gasteiger partial charge on any atom is -0.387 e. The van der Waals surface area contributed by atoms with Gasteiger partial charge in [-0.05, 0) is 6.42 Å². The number of β-amino-alcohol motifs (C(OH)–C–C–N with tert-alkyl or cyclic N) is 1. The second-order valence-corrected chi connectivity index (χ2v) is 6.17. The molecule has 0 aromatic rings. The molecule has 0 radical (unpaired) electrons. The Morgan fingerprint density at radius 3 is 2.29 bits per heavy atom. The molecule has 6 heteroatoms. The van der Waals surface area contributed by atoms with E-state index in [1.54, 1.807) is 0 Å². The summed E-state index contributed by atoms with van der Waals surface area (Å²) in [5.74, 6) is 0. The normalized spacial score (nSPS) is 22.4. The summed E-state index contributed by atoms with van der Waals surface area (Å²) in [6, 6.07) is 0. The molecule has 1 saturated heterocycles. The summed E-state index contributed by atoms with van der Waals surface area (Å²) in [5, 5.41) is 9.80. The van der Waals surface area contributed by atoms with Gasteiger partial charge in [-0.15, -0.1) is 0 Å². The first-order valence-electron chi connectivity index (χ1n) is 4.72. The van der Waals surface area contributed by atoms with E-state index in [1.165, 1.54) is 22.7 Å². The summed E-state index contributed by atoms with van der Waals surface area (Å²) in [7, 11) is -0.338. The van der Waals surface area contributed by atoms with Gasteiger partial charge in [0.15, 0.2) is 0 Å². The van der Waals surface area contributed by atoms with Crippen molar-refractivity contribution in [3.63, 3.8) is 0 Å². The number of hydrogen-bond donors (Lipinski definition) is 1. The second-order valence-electron chi connectivity index (χ2n) is 4.03. The van der Waals surface area contributed by atoms with E-state index in [-0.39, 0.29) is 13.1 Å². The van der Waals surface area contributed by atoms with E-state index in [9.17, 15) is 13.5 Å². The van der Waals surface area contributed by atoms with E-state index < -0.39 is 15.8 Å². The number of nitrogens with zero attached hydrogens (tertiary/aromatic N) is 2. The third-order valence-electron chi connectivity index (χ3n) is 2.44. The third-order valence-corrected chi connectivity index (χ3v) is 4.28. The SMILES string of the molecule is CCCC1(O)CN(S(=O)(=O)N(C)C)C1. The lowest BCUT2D eigenvalue weighted by Crippen LogP contribution is -2.64. The van der Waals surface area contributed by atoms with Gasteiger partial charge in [-0.2, -0.15) is 17.0 Å². The van der Waals surface area contributed by atoms with Crippen molar-refractivity contribution in [3.05, 3.63) is 0 Å². The largest absolute Gasteiger partial charge is 0.387 e. The van der Waals surface area contributed by atoms with Crippen LogP contribution in [0.3, 0.4) is 0 Å². The Hall–Kier alpha value is -0.170. The Morgan fingerprint density at radius 2 is 1.93 bits per heavy atom. The van der Waals surface area contributed by atoms with Gasteiger partial charge in [-0.3, -0.25) is 0 Å². The molecule has 1 rings (SSSR count). The Kier molecular flexibility index (Phi) is 3.20. The van der Waals surface area contributed by atoms with Gasteiger partial charge >= 0.3 is 0 Å². The molecule has 0 aromatic heterocycles. The van der Waals surface area contributed by atoms with Crippen LogP contribution in [-0.4, -0.2) is 54.9 Å². The van der Waals surface area contributed by atoms with Gasteiger partial charge in [0.25, 0.3) is 10.2 Å². The van der Waals surface area contributed by atoms with Crippen molar-refractivity contribution in [2.24, 2.45) is 0 Å². The molecule has 1 aliphatic rings. The van der Waals surface area contributed by atoms with Gasteiger partial charge < -0.3 is 5.11 Å². The zero-order valence-electron chi connectivity index (χ0n) is 8.89. The number of aliphatic hydroxyl groups is 1. The first-order chi connectivity index (χ1) is 6.32. The maximum atomic E-state index is 11.5. The summed E-state index contributed by atoms with van der Waals surface area (Å²) >= 11 is 0. The monoisotopic (exact) mass is 222 g/mol. The summed E-state index contributed by atoms with van der Waals surface area (Å²) in [4.78, 5) is 0. The molecule has 0 saturated carbocycles. The molecular formula is C8H18N2O3S. The van der Waals surface area contributed by atoms with E-state index in [4.69, 9.17) is 0 Å². The molecule has 0 unspecified atom stereocenters. The van der Waals surface area contributed by atoms with Crippen LogP contribution in [0.1, 0.15) is 19.8 Å². The van der Waals surface area contributed by atoms with Gasteiger partial charge in [0.1, 0.15) is 0 Å². The minimum atomic E-state index is -3.32. The van der Waals surface area contributed by atoms with E-state index in [1.807, 2.05) is 6.92 Å². The van der Waals surface area contributed by atoms with Crippen LogP contribution in [0, 0.1) is 0 Å². The van der Waals surface area contributed by atoms with Gasteiger partial charge in [0.2, 0.25) is 0 Å². The zero-order chi connectivity index (χ0) is 11.0. The van der Waals surface area contributed by atoms with Crippen molar-refractivity contribution in [1.29, 1.82) is 0 Å². The Balaban J connectivity index is 2.57. The summed E-state index contributed by atoms with van der Waals surface area (Å²) in [5.41, 5.74) is -0.794. The van der Waals surface area contributed by atoms with Gasteiger partial charge in [-0.1, -0.05) is 13.3 Å². The first-order valence-corrected chi connectivity index (χ1v) is 6.11. The topological polar surface area (TPSA) is 60.9 Å². The van der Waals surface area contributed by atoms with Crippen LogP contribution in [-0.2, 0) is 10.2 Å². The highest BCUT2D eigenvalue weighted by molar-refractivity contribution is 7.86. The summed E-state index contributed by atoms with van der Waals surface area (Å²) in [6.07, 6.45) is 1.53. The van der Waals surface area contributed by atoms with E-state index in [2.05, 4.69) is 0 Å². The highest BCUT2D eigenvalue weighted by Gasteiger charge is 2.46. The predicted molar refractivity (Wildman–Crippen MR) is 54.0 cm³/mol. The van der Waals surface area contributed by atoms with Crippen molar-refractivity contribution in [1.82, 2.24) is 8.61 Å². The van der Waals surface area contributed by atoms with Crippen molar-refractivity contribution in [3.8, 4) is 0 Å². The van der Waals surface area contributed by atoms with Crippen molar-refractivity contribution in [2.75, 3.05) is 27.2 Å². The molecule has 14 heavy (non-hydrogen) atoms. The van der Waals surface area contributed by atoms with Gasteiger partial charge in [0, 0.05) is 27.2 Å². The average Bonchev–Trinajstić information content (AvgIpc) is 2.00. The molecule has 1 fully saturated rings. The molecule has 1 N–H and O–H groups in total. The van der Waals surface area contributed by atoms with E-state index >= 15 is 0 Å². The van der Waals surface area contributed by atoms with Gasteiger partial charge in [-0.25, -0.2) is 0 Å². The van der Waals surface area contributed by atoms with Crippen LogP contribution in [0.5, 0.6) is 0 Å². The molecule has 0 atom stereocenters. The van der Waals surface area contributed by atoms with Crippen molar-refractivity contribution < 1.29 is 13.5 Å². The summed E-state index contributed by atoms with van der Waals surface area (Å²) in [6.45, 7) is 2.42. The molecule has 0 bridgehead atoms. The molecule has 0 aliphatic carbocycles. The lowest BCUT2D eigenvalue weighted by atomic mass is 9.92. The predicted octanol–water partition coefficient (Wildman–Crippen LogP) is -0.360. The first kappa shape index (κ1) is 11.9. The third kappa shape index (κ3) is 2.08. The van der Waals surface area contributed by atoms with Gasteiger partial charge in [0.05, 0.1) is 5.60 Å². The maximum absolute atomic E-state index is 11.5. The fourth-order valence-corrected chi connectivity index (χ4v) is 2.90. The Bertz CT molecular complexity index is 294.